The number of nitrogens with two attached hydrogens (primary N) is 1. The molecule has 2 saturated heterocycles. The number of nitrogens with zero attached hydrogens (tertiary/aromatic N) is 3. The molecule has 0 amide bonds. The van der Waals surface area contributed by atoms with Gasteiger partial charge in [-0.3, -0.25) is 4.90 Å². The number of rotatable bonds is 0. The van der Waals surface area contributed by atoms with E-state index in [2.05, 4.69) is 35.6 Å². The molecular formula is C13H26N4. The van der Waals surface area contributed by atoms with Crippen molar-refractivity contribution in [1.29, 1.82) is 0 Å². The lowest BCUT2D eigenvalue weighted by Crippen LogP contribution is -2.44. The summed E-state index contributed by atoms with van der Waals surface area (Å²) in [5, 5.41) is 0. The first-order chi connectivity index (χ1) is 7.96. The van der Waals surface area contributed by atoms with Crippen LogP contribution in [0.3, 0.4) is 0 Å². The molecule has 2 rings (SSSR count). The summed E-state index contributed by atoms with van der Waals surface area (Å²) in [6, 6.07) is 0.700. The SMILES string of the molecule is CC(C)(C)N=C(N)N1CCCN2CCCC2C1. The maximum Gasteiger partial charge on any atom is 0.191 e. The van der Waals surface area contributed by atoms with Crippen molar-refractivity contribution in [3.63, 3.8) is 0 Å². The average molecular weight is 238 g/mol. The summed E-state index contributed by atoms with van der Waals surface area (Å²) in [6.07, 6.45) is 3.87. The molecule has 0 aliphatic carbocycles. The number of aliphatic imine (C=N–C) groups is 1. The highest BCUT2D eigenvalue weighted by atomic mass is 15.3. The normalized spacial score (nSPS) is 28.1. The Kier molecular flexibility index (Phi) is 3.61. The second-order valence-electron chi connectivity index (χ2n) is 6.27. The van der Waals surface area contributed by atoms with E-state index in [4.69, 9.17) is 5.73 Å². The minimum atomic E-state index is -0.0776. The van der Waals surface area contributed by atoms with E-state index < -0.39 is 0 Å². The van der Waals surface area contributed by atoms with E-state index in [9.17, 15) is 0 Å². The molecule has 2 fully saturated rings. The molecule has 2 aliphatic rings. The fraction of sp³-hybridized carbons (Fsp3) is 0.923. The van der Waals surface area contributed by atoms with Crippen molar-refractivity contribution in [2.75, 3.05) is 26.2 Å². The largest absolute Gasteiger partial charge is 0.370 e. The Balaban J connectivity index is 2.03. The first kappa shape index (κ1) is 12.7. The van der Waals surface area contributed by atoms with Gasteiger partial charge >= 0.3 is 0 Å². The number of guanidine groups is 1. The van der Waals surface area contributed by atoms with E-state index >= 15 is 0 Å². The van der Waals surface area contributed by atoms with Crippen LogP contribution in [0, 0.1) is 0 Å². The molecule has 17 heavy (non-hydrogen) atoms. The molecule has 0 aromatic carbocycles. The van der Waals surface area contributed by atoms with Crippen LogP contribution in [0.5, 0.6) is 0 Å². The minimum absolute atomic E-state index is 0.0776. The molecule has 2 aliphatic heterocycles. The van der Waals surface area contributed by atoms with Gasteiger partial charge < -0.3 is 10.6 Å². The highest BCUT2D eigenvalue weighted by Crippen LogP contribution is 2.21. The zero-order chi connectivity index (χ0) is 12.5. The van der Waals surface area contributed by atoms with Gasteiger partial charge in [0.2, 0.25) is 0 Å². The van der Waals surface area contributed by atoms with E-state index in [0.29, 0.717) is 6.04 Å². The van der Waals surface area contributed by atoms with Crippen molar-refractivity contribution < 1.29 is 0 Å². The third kappa shape index (κ3) is 3.35. The first-order valence-corrected chi connectivity index (χ1v) is 6.80. The van der Waals surface area contributed by atoms with Crippen molar-refractivity contribution in [1.82, 2.24) is 9.80 Å². The molecule has 98 valence electrons. The van der Waals surface area contributed by atoms with Crippen LogP contribution in [0.15, 0.2) is 4.99 Å². The lowest BCUT2D eigenvalue weighted by atomic mass is 10.1. The standard InChI is InChI=1S/C13H26N4/c1-13(2,3)15-12(14)17-9-5-8-16-7-4-6-11(16)10-17/h11H,4-10H2,1-3H3,(H2,14,15). The summed E-state index contributed by atoms with van der Waals surface area (Å²) in [5.41, 5.74) is 6.07. The molecule has 0 spiro atoms. The van der Waals surface area contributed by atoms with Crippen molar-refractivity contribution in [3.05, 3.63) is 0 Å². The Bertz CT molecular complexity index is 292. The van der Waals surface area contributed by atoms with Gasteiger partial charge in [0.25, 0.3) is 0 Å². The summed E-state index contributed by atoms with van der Waals surface area (Å²) in [6.45, 7) is 10.9. The van der Waals surface area contributed by atoms with Gasteiger partial charge in [0.1, 0.15) is 0 Å². The number of hydrogen-bond donors (Lipinski definition) is 1. The van der Waals surface area contributed by atoms with Gasteiger partial charge in [0, 0.05) is 25.7 Å². The fourth-order valence-corrected chi connectivity index (χ4v) is 2.83. The summed E-state index contributed by atoms with van der Waals surface area (Å²) in [4.78, 5) is 9.49. The maximum absolute atomic E-state index is 6.14. The van der Waals surface area contributed by atoms with E-state index in [1.165, 1.54) is 32.4 Å². The molecule has 0 bridgehead atoms. The Morgan fingerprint density at radius 3 is 2.59 bits per heavy atom. The van der Waals surface area contributed by atoms with Crippen molar-refractivity contribution >= 4 is 5.96 Å². The van der Waals surface area contributed by atoms with Gasteiger partial charge in [-0.2, -0.15) is 0 Å². The van der Waals surface area contributed by atoms with Gasteiger partial charge in [-0.05, 0) is 46.6 Å². The summed E-state index contributed by atoms with van der Waals surface area (Å²) < 4.78 is 0. The van der Waals surface area contributed by atoms with Gasteiger partial charge in [-0.25, -0.2) is 4.99 Å². The quantitative estimate of drug-likeness (QED) is 0.510. The van der Waals surface area contributed by atoms with Crippen LogP contribution in [-0.2, 0) is 0 Å². The predicted molar refractivity (Wildman–Crippen MR) is 72.2 cm³/mol. The molecule has 1 atom stereocenters. The molecule has 4 nitrogen and oxygen atoms in total. The van der Waals surface area contributed by atoms with Crippen LogP contribution in [-0.4, -0.2) is 53.5 Å². The van der Waals surface area contributed by atoms with Crippen LogP contribution < -0.4 is 5.73 Å². The van der Waals surface area contributed by atoms with Crippen LogP contribution in [0.2, 0.25) is 0 Å². The Hall–Kier alpha value is -0.770. The van der Waals surface area contributed by atoms with Crippen LogP contribution in [0.25, 0.3) is 0 Å². The second kappa shape index (κ2) is 4.84. The van der Waals surface area contributed by atoms with Gasteiger partial charge in [-0.1, -0.05) is 0 Å². The molecule has 0 radical (unpaired) electrons. The third-order valence-electron chi connectivity index (χ3n) is 3.58. The topological polar surface area (TPSA) is 44.9 Å². The van der Waals surface area contributed by atoms with E-state index in [1.807, 2.05) is 0 Å². The van der Waals surface area contributed by atoms with Gasteiger partial charge in [0.15, 0.2) is 5.96 Å². The molecule has 1 unspecified atom stereocenters. The van der Waals surface area contributed by atoms with Crippen molar-refractivity contribution in [2.45, 2.75) is 51.6 Å². The van der Waals surface area contributed by atoms with E-state index in [1.54, 1.807) is 0 Å². The third-order valence-corrected chi connectivity index (χ3v) is 3.58. The van der Waals surface area contributed by atoms with Crippen LogP contribution in [0.4, 0.5) is 0 Å². The molecule has 0 aromatic heterocycles. The average Bonchev–Trinajstić information content (AvgIpc) is 2.53. The number of fused-ring (bicyclic) bond motifs is 1. The molecular weight excluding hydrogens is 212 g/mol. The minimum Gasteiger partial charge on any atom is -0.370 e. The zero-order valence-electron chi connectivity index (χ0n) is 11.4. The lowest BCUT2D eigenvalue weighted by molar-refractivity contribution is 0.255. The Labute approximate surface area is 105 Å². The first-order valence-electron chi connectivity index (χ1n) is 6.80. The predicted octanol–water partition coefficient (Wildman–Crippen LogP) is 1.27. The summed E-state index contributed by atoms with van der Waals surface area (Å²) >= 11 is 0. The summed E-state index contributed by atoms with van der Waals surface area (Å²) in [7, 11) is 0. The second-order valence-corrected chi connectivity index (χ2v) is 6.27. The van der Waals surface area contributed by atoms with Crippen molar-refractivity contribution in [2.24, 2.45) is 10.7 Å². The molecule has 2 N–H and O–H groups in total. The monoisotopic (exact) mass is 238 g/mol. The smallest absolute Gasteiger partial charge is 0.191 e. The maximum atomic E-state index is 6.14. The van der Waals surface area contributed by atoms with Gasteiger partial charge in [-0.15, -0.1) is 0 Å². The molecule has 0 saturated carbocycles. The number of hydrogen-bond acceptors (Lipinski definition) is 2. The van der Waals surface area contributed by atoms with Gasteiger partial charge in [0.05, 0.1) is 5.54 Å². The van der Waals surface area contributed by atoms with Crippen molar-refractivity contribution in [3.8, 4) is 0 Å². The highest BCUT2D eigenvalue weighted by Gasteiger charge is 2.29. The van der Waals surface area contributed by atoms with E-state index in [-0.39, 0.29) is 5.54 Å². The Morgan fingerprint density at radius 2 is 1.88 bits per heavy atom. The highest BCUT2D eigenvalue weighted by molar-refractivity contribution is 5.78. The Morgan fingerprint density at radius 1 is 1.18 bits per heavy atom. The lowest BCUT2D eigenvalue weighted by Gasteiger charge is -2.27. The summed E-state index contributed by atoms with van der Waals surface area (Å²) in [5.74, 6) is 0.728. The molecule has 0 aromatic rings. The van der Waals surface area contributed by atoms with Crippen LogP contribution in [0.1, 0.15) is 40.0 Å². The van der Waals surface area contributed by atoms with E-state index in [0.717, 1.165) is 19.0 Å². The molecule has 4 heteroatoms. The fourth-order valence-electron chi connectivity index (χ4n) is 2.83. The van der Waals surface area contributed by atoms with Crippen LogP contribution >= 0.6 is 0 Å². The zero-order valence-corrected chi connectivity index (χ0v) is 11.4. The molecule has 2 heterocycles.